The lowest BCUT2D eigenvalue weighted by Crippen LogP contribution is -2.06. The first-order valence-corrected chi connectivity index (χ1v) is 8.62. The summed E-state index contributed by atoms with van der Waals surface area (Å²) in [5.41, 5.74) is 2.43. The van der Waals surface area contributed by atoms with Crippen LogP contribution in [0.2, 0.25) is 0 Å². The Kier molecular flexibility index (Phi) is 8.03. The van der Waals surface area contributed by atoms with E-state index < -0.39 is 0 Å². The first-order valence-electron chi connectivity index (χ1n) is 8.62. The fourth-order valence-corrected chi connectivity index (χ4v) is 2.32. The van der Waals surface area contributed by atoms with E-state index in [0.717, 1.165) is 18.4 Å². The molecule has 0 aliphatic carbocycles. The van der Waals surface area contributed by atoms with Crippen molar-refractivity contribution in [3.63, 3.8) is 0 Å². The maximum absolute atomic E-state index is 12.6. The van der Waals surface area contributed by atoms with E-state index in [-0.39, 0.29) is 11.5 Å². The van der Waals surface area contributed by atoms with Crippen molar-refractivity contribution in [2.75, 3.05) is 6.61 Å². The molecule has 0 fully saturated rings. The van der Waals surface area contributed by atoms with E-state index in [1.807, 2.05) is 39.0 Å². The van der Waals surface area contributed by atoms with Crippen LogP contribution < -0.4 is 4.74 Å². The molecule has 1 N–H and O–H groups in total. The molecule has 3 heteroatoms. The number of unbranched alkanes of at least 4 members (excludes halogenated alkanes) is 1. The van der Waals surface area contributed by atoms with Gasteiger partial charge in [-0.25, -0.2) is 0 Å². The summed E-state index contributed by atoms with van der Waals surface area (Å²) in [5, 5.41) is 10.4. The largest absolute Gasteiger partial charge is 0.507 e. The first kappa shape index (κ1) is 19.8. The highest BCUT2D eigenvalue weighted by molar-refractivity contribution is 6.11. The van der Waals surface area contributed by atoms with Gasteiger partial charge in [0.1, 0.15) is 11.5 Å². The van der Waals surface area contributed by atoms with E-state index in [1.54, 1.807) is 25.1 Å². The summed E-state index contributed by atoms with van der Waals surface area (Å²) in [5.74, 6) is 0.466. The van der Waals surface area contributed by atoms with Gasteiger partial charge in [0.2, 0.25) is 0 Å². The molecule has 0 bridgehead atoms. The van der Waals surface area contributed by atoms with Crippen LogP contribution in [0.3, 0.4) is 0 Å². The highest BCUT2D eigenvalue weighted by atomic mass is 16.5. The minimum Gasteiger partial charge on any atom is -0.507 e. The number of carbonyl (C=O) groups excluding carboxylic acids is 1. The Bertz CT molecular complexity index is 675. The number of ether oxygens (including phenoxy) is 1. The second-order valence-corrected chi connectivity index (χ2v) is 5.43. The van der Waals surface area contributed by atoms with Gasteiger partial charge in [-0.05, 0) is 38.0 Å². The Morgan fingerprint density at radius 1 is 1.04 bits per heavy atom. The van der Waals surface area contributed by atoms with Crippen LogP contribution in [0.4, 0.5) is 0 Å². The van der Waals surface area contributed by atoms with Gasteiger partial charge in [-0.15, -0.1) is 0 Å². The molecule has 3 nitrogen and oxygen atoms in total. The molecule has 24 heavy (non-hydrogen) atoms. The number of hydrogen-bond acceptors (Lipinski definition) is 3. The highest BCUT2D eigenvalue weighted by Gasteiger charge is 2.18. The summed E-state index contributed by atoms with van der Waals surface area (Å²) >= 11 is 0. The van der Waals surface area contributed by atoms with Crippen molar-refractivity contribution >= 4 is 5.78 Å². The lowest BCUT2D eigenvalue weighted by molar-refractivity contribution is 0.103. The molecule has 0 saturated carbocycles. The number of aryl methyl sites for hydroxylation is 1. The zero-order valence-corrected chi connectivity index (χ0v) is 15.3. The van der Waals surface area contributed by atoms with Crippen LogP contribution in [0.1, 0.15) is 60.7 Å². The van der Waals surface area contributed by atoms with Crippen LogP contribution in [-0.4, -0.2) is 17.5 Å². The van der Waals surface area contributed by atoms with Crippen molar-refractivity contribution in [3.05, 3.63) is 58.7 Å². The molecule has 0 amide bonds. The molecule has 0 spiro atoms. The fourth-order valence-electron chi connectivity index (χ4n) is 2.32. The molecular weight excluding hydrogens is 300 g/mol. The Morgan fingerprint density at radius 3 is 2.33 bits per heavy atom. The molecule has 2 rings (SSSR count). The molecule has 0 aromatic heterocycles. The zero-order valence-electron chi connectivity index (χ0n) is 15.3. The fraction of sp³-hybridized carbons (Fsp3) is 0.381. The monoisotopic (exact) mass is 328 g/mol. The van der Waals surface area contributed by atoms with Crippen LogP contribution in [0.25, 0.3) is 0 Å². The van der Waals surface area contributed by atoms with Crippen LogP contribution in [0, 0.1) is 13.8 Å². The first-order chi connectivity index (χ1) is 11.6. The minimum atomic E-state index is -0.168. The number of benzene rings is 2. The van der Waals surface area contributed by atoms with E-state index in [1.165, 1.54) is 0 Å². The van der Waals surface area contributed by atoms with Crippen molar-refractivity contribution in [2.24, 2.45) is 0 Å². The molecule has 2 aromatic carbocycles. The van der Waals surface area contributed by atoms with Gasteiger partial charge in [0.15, 0.2) is 5.78 Å². The smallest absolute Gasteiger partial charge is 0.197 e. The van der Waals surface area contributed by atoms with Crippen molar-refractivity contribution in [2.45, 2.75) is 47.5 Å². The number of ketones is 1. The summed E-state index contributed by atoms with van der Waals surface area (Å²) in [6.07, 6.45) is 2.01. The summed E-state index contributed by atoms with van der Waals surface area (Å²) < 4.78 is 5.65. The Labute approximate surface area is 145 Å². The third kappa shape index (κ3) is 4.60. The summed E-state index contributed by atoms with van der Waals surface area (Å²) in [6, 6.07) is 10.8. The molecule has 0 aliphatic rings. The lowest BCUT2D eigenvalue weighted by atomic mass is 9.97. The maximum atomic E-state index is 12.6. The molecule has 2 aromatic rings. The zero-order chi connectivity index (χ0) is 18.1. The topological polar surface area (TPSA) is 46.5 Å². The normalized spacial score (nSPS) is 9.88. The van der Waals surface area contributed by atoms with E-state index >= 15 is 0 Å². The standard InChI is InChI=1S/C19H22O3.C2H6/c1-4-5-12-22-17-11-10-16(18(20)14(17)3)19(21)15-9-7-6-8-13(15)2;1-2/h6-11,20H,4-5,12H2,1-3H3;1-2H3. The maximum Gasteiger partial charge on any atom is 0.197 e. The Morgan fingerprint density at radius 2 is 1.71 bits per heavy atom. The number of hydrogen-bond donors (Lipinski definition) is 1. The SMILES string of the molecule is CC.CCCCOc1ccc(C(=O)c2ccccc2C)c(O)c1C. The minimum absolute atomic E-state index is 0.00208. The molecule has 0 heterocycles. The van der Waals surface area contributed by atoms with Gasteiger partial charge < -0.3 is 9.84 Å². The van der Waals surface area contributed by atoms with E-state index in [0.29, 0.717) is 29.0 Å². The van der Waals surface area contributed by atoms with Crippen molar-refractivity contribution in [1.29, 1.82) is 0 Å². The summed E-state index contributed by atoms with van der Waals surface area (Å²) in [7, 11) is 0. The Balaban J connectivity index is 0.00000139. The quantitative estimate of drug-likeness (QED) is 0.567. The van der Waals surface area contributed by atoms with Gasteiger partial charge in [-0.3, -0.25) is 4.79 Å². The van der Waals surface area contributed by atoms with E-state index in [9.17, 15) is 9.90 Å². The number of rotatable bonds is 6. The van der Waals surface area contributed by atoms with Gasteiger partial charge in [0, 0.05) is 11.1 Å². The lowest BCUT2D eigenvalue weighted by Gasteiger charge is -2.13. The van der Waals surface area contributed by atoms with Crippen molar-refractivity contribution in [3.8, 4) is 11.5 Å². The third-order valence-corrected chi connectivity index (χ3v) is 3.77. The number of phenolic OH excluding ortho intramolecular Hbond substituents is 1. The predicted molar refractivity (Wildman–Crippen MR) is 99.2 cm³/mol. The molecule has 0 saturated heterocycles. The second-order valence-electron chi connectivity index (χ2n) is 5.43. The molecule has 0 radical (unpaired) electrons. The Hall–Kier alpha value is -2.29. The number of aromatic hydroxyl groups is 1. The molecular formula is C21H28O3. The van der Waals surface area contributed by atoms with Crippen LogP contribution in [0.15, 0.2) is 36.4 Å². The van der Waals surface area contributed by atoms with Crippen LogP contribution in [0.5, 0.6) is 11.5 Å². The van der Waals surface area contributed by atoms with Gasteiger partial charge in [-0.2, -0.15) is 0 Å². The van der Waals surface area contributed by atoms with Gasteiger partial charge in [-0.1, -0.05) is 51.5 Å². The molecule has 130 valence electrons. The van der Waals surface area contributed by atoms with E-state index in [4.69, 9.17) is 4.74 Å². The summed E-state index contributed by atoms with van der Waals surface area (Å²) in [6.45, 7) is 10.4. The van der Waals surface area contributed by atoms with Gasteiger partial charge in [0.05, 0.1) is 12.2 Å². The van der Waals surface area contributed by atoms with Crippen molar-refractivity contribution in [1.82, 2.24) is 0 Å². The summed E-state index contributed by atoms with van der Waals surface area (Å²) in [4.78, 5) is 12.6. The van der Waals surface area contributed by atoms with E-state index in [2.05, 4.69) is 6.92 Å². The van der Waals surface area contributed by atoms with Crippen molar-refractivity contribution < 1.29 is 14.6 Å². The number of phenols is 1. The number of carbonyl (C=O) groups is 1. The van der Waals surface area contributed by atoms with Crippen LogP contribution in [-0.2, 0) is 0 Å². The predicted octanol–water partition coefficient (Wildman–Crippen LogP) is 5.45. The van der Waals surface area contributed by atoms with Gasteiger partial charge >= 0.3 is 0 Å². The second kappa shape index (κ2) is 9.76. The highest BCUT2D eigenvalue weighted by Crippen LogP contribution is 2.32. The third-order valence-electron chi connectivity index (χ3n) is 3.77. The molecule has 0 atom stereocenters. The molecule has 0 aliphatic heterocycles. The average Bonchev–Trinajstić information content (AvgIpc) is 2.60. The van der Waals surface area contributed by atoms with Crippen LogP contribution >= 0.6 is 0 Å². The molecule has 0 unspecified atom stereocenters. The van der Waals surface area contributed by atoms with Gasteiger partial charge in [0.25, 0.3) is 0 Å². The average molecular weight is 328 g/mol.